The van der Waals surface area contributed by atoms with Crippen molar-refractivity contribution in [2.45, 2.75) is 33.1 Å². The van der Waals surface area contributed by atoms with Gasteiger partial charge in [-0.2, -0.15) is 0 Å². The fourth-order valence-electron chi connectivity index (χ4n) is 2.40. The molecule has 0 bridgehead atoms. The Morgan fingerprint density at radius 1 is 1.16 bits per heavy atom. The second kappa shape index (κ2) is 6.59. The van der Waals surface area contributed by atoms with E-state index in [1.165, 1.54) is 0 Å². The van der Waals surface area contributed by atoms with Gasteiger partial charge < -0.3 is 14.5 Å². The highest BCUT2D eigenvalue weighted by Crippen LogP contribution is 2.27. The lowest BCUT2D eigenvalue weighted by Crippen LogP contribution is -2.11. The molecule has 0 radical (unpaired) electrons. The fourth-order valence-corrected chi connectivity index (χ4v) is 2.40. The van der Waals surface area contributed by atoms with Crippen LogP contribution in [-0.4, -0.2) is 17.5 Å². The van der Waals surface area contributed by atoms with Crippen molar-refractivity contribution < 1.29 is 13.9 Å². The number of hydrogen-bond acceptors (Lipinski definition) is 4. The van der Waals surface area contributed by atoms with E-state index in [1.54, 1.807) is 24.3 Å². The van der Waals surface area contributed by atoms with Crippen LogP contribution >= 0.6 is 0 Å². The van der Waals surface area contributed by atoms with E-state index < -0.39 is 0 Å². The highest BCUT2D eigenvalue weighted by molar-refractivity contribution is 6.04. The Morgan fingerprint density at radius 3 is 2.52 bits per heavy atom. The summed E-state index contributed by atoms with van der Waals surface area (Å²) >= 11 is 0. The van der Waals surface area contributed by atoms with Crippen molar-refractivity contribution in [1.29, 1.82) is 0 Å². The Kier molecular flexibility index (Phi) is 4.49. The molecule has 0 aliphatic carbocycles. The molecule has 0 aliphatic rings. The van der Waals surface area contributed by atoms with E-state index in [9.17, 15) is 4.79 Å². The van der Waals surface area contributed by atoms with Gasteiger partial charge in [0.25, 0.3) is 5.91 Å². The number of fused-ring (bicyclic) bond motifs is 1. The van der Waals surface area contributed by atoms with Crippen LogP contribution in [0.5, 0.6) is 5.75 Å². The average Bonchev–Trinajstić information content (AvgIpc) is 2.99. The van der Waals surface area contributed by atoms with E-state index in [4.69, 9.17) is 9.15 Å². The van der Waals surface area contributed by atoms with Gasteiger partial charge in [0, 0.05) is 16.7 Å². The topological polar surface area (TPSA) is 64.4 Å². The third-order valence-corrected chi connectivity index (χ3v) is 3.71. The summed E-state index contributed by atoms with van der Waals surface area (Å²) < 4.78 is 11.2. The molecule has 0 atom stereocenters. The van der Waals surface area contributed by atoms with Crippen LogP contribution in [-0.2, 0) is 5.41 Å². The number of nitrogens with zero attached hydrogens (tertiary/aromatic N) is 1. The summed E-state index contributed by atoms with van der Waals surface area (Å²) in [6.45, 7) is 8.66. The molecule has 3 aromatic rings. The van der Waals surface area contributed by atoms with Crippen LogP contribution in [0, 0.1) is 0 Å². The second-order valence-corrected chi connectivity index (χ2v) is 6.86. The van der Waals surface area contributed by atoms with Gasteiger partial charge in [0.05, 0.1) is 6.61 Å². The Hall–Kier alpha value is -2.82. The third-order valence-electron chi connectivity index (χ3n) is 3.71. The lowest BCUT2D eigenvalue weighted by Gasteiger charge is -2.11. The first-order valence-electron chi connectivity index (χ1n) is 8.32. The summed E-state index contributed by atoms with van der Waals surface area (Å²) in [4.78, 5) is 16.9. The maximum atomic E-state index is 12.4. The summed E-state index contributed by atoms with van der Waals surface area (Å²) in [7, 11) is 0. The van der Waals surface area contributed by atoms with Crippen molar-refractivity contribution in [3.05, 3.63) is 53.9 Å². The van der Waals surface area contributed by atoms with Gasteiger partial charge in [-0.25, -0.2) is 4.98 Å². The molecule has 5 heteroatoms. The van der Waals surface area contributed by atoms with E-state index in [1.807, 2.05) is 45.9 Å². The van der Waals surface area contributed by atoms with Crippen molar-refractivity contribution in [1.82, 2.24) is 4.98 Å². The first kappa shape index (κ1) is 17.0. The standard InChI is InChI=1S/C20H22N2O3/c1-5-24-15-9-6-13(7-10-15)18(23)21-14-8-11-17-16(12-14)22-19(25-17)20(2,3)4/h6-12H,5H2,1-4H3,(H,21,23). The van der Waals surface area contributed by atoms with Crippen LogP contribution in [0.2, 0.25) is 0 Å². The summed E-state index contributed by atoms with van der Waals surface area (Å²) in [5.74, 6) is 1.25. The maximum absolute atomic E-state index is 12.4. The van der Waals surface area contributed by atoms with Crippen molar-refractivity contribution in [2.75, 3.05) is 11.9 Å². The Bertz CT molecular complexity index is 889. The summed E-state index contributed by atoms with van der Waals surface area (Å²) in [6, 6.07) is 12.5. The molecule has 0 aliphatic heterocycles. The molecular weight excluding hydrogens is 316 g/mol. The molecule has 0 saturated heterocycles. The zero-order valence-corrected chi connectivity index (χ0v) is 14.9. The molecule has 2 aromatic carbocycles. The van der Waals surface area contributed by atoms with E-state index in [0.717, 1.165) is 11.3 Å². The van der Waals surface area contributed by atoms with Crippen LogP contribution in [0.1, 0.15) is 43.9 Å². The first-order valence-corrected chi connectivity index (χ1v) is 8.32. The fraction of sp³-hybridized carbons (Fsp3) is 0.300. The molecule has 1 heterocycles. The van der Waals surface area contributed by atoms with Crippen LogP contribution in [0.3, 0.4) is 0 Å². The summed E-state index contributed by atoms with van der Waals surface area (Å²) in [5.41, 5.74) is 2.53. The molecule has 1 amide bonds. The van der Waals surface area contributed by atoms with Gasteiger partial charge in [0.1, 0.15) is 11.3 Å². The number of nitrogens with one attached hydrogen (secondary N) is 1. The second-order valence-electron chi connectivity index (χ2n) is 6.86. The van der Waals surface area contributed by atoms with Gasteiger partial charge in [-0.3, -0.25) is 4.79 Å². The van der Waals surface area contributed by atoms with Crippen LogP contribution in [0.4, 0.5) is 5.69 Å². The lowest BCUT2D eigenvalue weighted by atomic mass is 9.97. The number of anilines is 1. The van der Waals surface area contributed by atoms with Crippen molar-refractivity contribution >= 4 is 22.7 Å². The SMILES string of the molecule is CCOc1ccc(C(=O)Nc2ccc3oc(C(C)(C)C)nc3c2)cc1. The molecular formula is C20H22N2O3. The maximum Gasteiger partial charge on any atom is 0.255 e. The predicted octanol–water partition coefficient (Wildman–Crippen LogP) is 4.78. The molecule has 1 N–H and O–H groups in total. The molecule has 1 aromatic heterocycles. The largest absolute Gasteiger partial charge is 0.494 e. The van der Waals surface area contributed by atoms with E-state index in [0.29, 0.717) is 29.3 Å². The average molecular weight is 338 g/mol. The Labute approximate surface area is 147 Å². The third kappa shape index (κ3) is 3.82. The molecule has 0 saturated carbocycles. The number of carbonyl (C=O) groups is 1. The van der Waals surface area contributed by atoms with E-state index in [-0.39, 0.29) is 11.3 Å². The van der Waals surface area contributed by atoms with Crippen LogP contribution < -0.4 is 10.1 Å². The minimum absolute atomic E-state index is 0.162. The number of oxazole rings is 1. The predicted molar refractivity (Wildman–Crippen MR) is 98.3 cm³/mol. The number of ether oxygens (including phenoxy) is 1. The van der Waals surface area contributed by atoms with E-state index >= 15 is 0 Å². The first-order chi connectivity index (χ1) is 11.9. The molecule has 0 fully saturated rings. The Morgan fingerprint density at radius 2 is 1.88 bits per heavy atom. The monoisotopic (exact) mass is 338 g/mol. The zero-order valence-electron chi connectivity index (χ0n) is 14.9. The van der Waals surface area contributed by atoms with Gasteiger partial charge in [-0.1, -0.05) is 20.8 Å². The lowest BCUT2D eigenvalue weighted by molar-refractivity contribution is 0.102. The number of amides is 1. The quantitative estimate of drug-likeness (QED) is 0.744. The molecule has 3 rings (SSSR count). The van der Waals surface area contributed by atoms with Gasteiger partial charge in [0.2, 0.25) is 5.89 Å². The highest BCUT2D eigenvalue weighted by atomic mass is 16.5. The molecule has 0 unspecified atom stereocenters. The number of hydrogen-bond donors (Lipinski definition) is 1. The summed E-state index contributed by atoms with van der Waals surface area (Å²) in [6.07, 6.45) is 0. The van der Waals surface area contributed by atoms with Crippen LogP contribution in [0.15, 0.2) is 46.9 Å². The smallest absolute Gasteiger partial charge is 0.255 e. The number of benzene rings is 2. The minimum Gasteiger partial charge on any atom is -0.494 e. The van der Waals surface area contributed by atoms with Crippen molar-refractivity contribution in [3.63, 3.8) is 0 Å². The van der Waals surface area contributed by atoms with E-state index in [2.05, 4.69) is 10.3 Å². The van der Waals surface area contributed by atoms with Crippen molar-refractivity contribution in [3.8, 4) is 5.75 Å². The number of rotatable bonds is 4. The van der Waals surface area contributed by atoms with Crippen LogP contribution in [0.25, 0.3) is 11.1 Å². The number of carbonyl (C=O) groups excluding carboxylic acids is 1. The van der Waals surface area contributed by atoms with Gasteiger partial charge in [-0.15, -0.1) is 0 Å². The molecule has 25 heavy (non-hydrogen) atoms. The normalized spacial score (nSPS) is 11.5. The zero-order chi connectivity index (χ0) is 18.0. The van der Waals surface area contributed by atoms with Gasteiger partial charge in [0.15, 0.2) is 5.58 Å². The highest BCUT2D eigenvalue weighted by Gasteiger charge is 2.21. The minimum atomic E-state index is -0.179. The summed E-state index contributed by atoms with van der Waals surface area (Å²) in [5, 5.41) is 2.89. The Balaban J connectivity index is 1.78. The number of aromatic nitrogens is 1. The molecule has 130 valence electrons. The molecule has 0 spiro atoms. The van der Waals surface area contributed by atoms with Crippen molar-refractivity contribution in [2.24, 2.45) is 0 Å². The van der Waals surface area contributed by atoms with Gasteiger partial charge in [-0.05, 0) is 49.4 Å². The van der Waals surface area contributed by atoms with Gasteiger partial charge >= 0.3 is 0 Å². The molecule has 5 nitrogen and oxygen atoms in total.